The fraction of sp³-hybridized carbons (Fsp3) is 0.364. The van der Waals surface area contributed by atoms with Crippen molar-refractivity contribution < 1.29 is 0 Å². The van der Waals surface area contributed by atoms with Gasteiger partial charge in [-0.05, 0) is 28.9 Å². The van der Waals surface area contributed by atoms with Crippen LogP contribution in [0.1, 0.15) is 24.8 Å². The Kier molecular flexibility index (Phi) is 3.46. The van der Waals surface area contributed by atoms with Crippen molar-refractivity contribution in [3.8, 4) is 0 Å². The Balaban J connectivity index is 2.15. The lowest BCUT2D eigenvalue weighted by Crippen LogP contribution is -2.14. The van der Waals surface area contributed by atoms with Crippen LogP contribution in [0.15, 0.2) is 23.6 Å². The van der Waals surface area contributed by atoms with E-state index >= 15 is 0 Å². The number of hydrogen-bond acceptors (Lipinski definition) is 5. The summed E-state index contributed by atoms with van der Waals surface area (Å²) < 4.78 is 4.07. The molecule has 5 heteroatoms. The van der Waals surface area contributed by atoms with E-state index in [1.165, 1.54) is 16.4 Å². The number of nitrogens with zero attached hydrogens (tertiary/aromatic N) is 1. The fourth-order valence-corrected chi connectivity index (χ4v) is 3.10. The van der Waals surface area contributed by atoms with E-state index in [0.29, 0.717) is 17.8 Å². The zero-order chi connectivity index (χ0) is 11.5. The highest BCUT2D eigenvalue weighted by molar-refractivity contribution is 7.11. The van der Waals surface area contributed by atoms with Crippen LogP contribution in [-0.2, 0) is 0 Å². The van der Waals surface area contributed by atoms with Gasteiger partial charge in [0.05, 0.1) is 6.04 Å². The molecule has 0 saturated heterocycles. The van der Waals surface area contributed by atoms with E-state index in [-0.39, 0.29) is 0 Å². The van der Waals surface area contributed by atoms with Gasteiger partial charge in [0.2, 0.25) is 0 Å². The van der Waals surface area contributed by atoms with Gasteiger partial charge in [-0.1, -0.05) is 19.9 Å². The molecule has 0 amide bonds. The molecule has 3 N–H and O–H groups in total. The van der Waals surface area contributed by atoms with Gasteiger partial charge in [0.1, 0.15) is 10.8 Å². The van der Waals surface area contributed by atoms with Gasteiger partial charge in [-0.3, -0.25) is 0 Å². The van der Waals surface area contributed by atoms with Gasteiger partial charge in [0.25, 0.3) is 0 Å². The van der Waals surface area contributed by atoms with Crippen molar-refractivity contribution in [2.75, 3.05) is 11.1 Å². The van der Waals surface area contributed by atoms with Gasteiger partial charge < -0.3 is 11.1 Å². The molecule has 2 rings (SSSR count). The lowest BCUT2D eigenvalue weighted by atomic mass is 10.0. The number of nitrogens with one attached hydrogen (secondary N) is 1. The Morgan fingerprint density at radius 1 is 1.44 bits per heavy atom. The van der Waals surface area contributed by atoms with Crippen LogP contribution in [0.5, 0.6) is 0 Å². The van der Waals surface area contributed by atoms with Crippen molar-refractivity contribution in [2.45, 2.75) is 19.9 Å². The van der Waals surface area contributed by atoms with Crippen LogP contribution in [0.25, 0.3) is 0 Å². The van der Waals surface area contributed by atoms with Crippen molar-refractivity contribution in [3.63, 3.8) is 0 Å². The van der Waals surface area contributed by atoms with Crippen LogP contribution in [0.2, 0.25) is 0 Å². The van der Waals surface area contributed by atoms with Gasteiger partial charge in [-0.15, -0.1) is 11.3 Å². The molecule has 0 spiro atoms. The third-order valence-electron chi connectivity index (χ3n) is 2.34. The maximum Gasteiger partial charge on any atom is 0.139 e. The molecule has 0 aromatic carbocycles. The Morgan fingerprint density at radius 3 is 2.75 bits per heavy atom. The van der Waals surface area contributed by atoms with E-state index < -0.39 is 0 Å². The second kappa shape index (κ2) is 4.84. The van der Waals surface area contributed by atoms with Gasteiger partial charge in [0.15, 0.2) is 0 Å². The molecular weight excluding hydrogens is 238 g/mol. The summed E-state index contributed by atoms with van der Waals surface area (Å²) in [6, 6.07) is 6.46. The molecule has 0 aliphatic carbocycles. The minimum absolute atomic E-state index is 0.333. The predicted octanol–water partition coefficient (Wildman–Crippen LogP) is 3.60. The Hall–Kier alpha value is -1.07. The molecule has 16 heavy (non-hydrogen) atoms. The van der Waals surface area contributed by atoms with Crippen molar-refractivity contribution in [2.24, 2.45) is 5.92 Å². The number of anilines is 2. The fourth-order valence-electron chi connectivity index (χ4n) is 1.54. The van der Waals surface area contributed by atoms with Crippen LogP contribution < -0.4 is 11.1 Å². The van der Waals surface area contributed by atoms with E-state index in [4.69, 9.17) is 5.73 Å². The molecule has 0 aliphatic rings. The molecule has 2 aromatic heterocycles. The van der Waals surface area contributed by atoms with Crippen LogP contribution in [0, 0.1) is 5.92 Å². The monoisotopic (exact) mass is 253 g/mol. The van der Waals surface area contributed by atoms with Gasteiger partial charge in [-0.2, -0.15) is 4.37 Å². The van der Waals surface area contributed by atoms with Crippen molar-refractivity contribution in [3.05, 3.63) is 28.5 Å². The SMILES string of the molecule is CC(C)C(Nc1cc(N)ns1)c1cccs1. The maximum atomic E-state index is 5.61. The first-order chi connectivity index (χ1) is 7.66. The number of aromatic nitrogens is 1. The lowest BCUT2D eigenvalue weighted by molar-refractivity contribution is 0.555. The van der Waals surface area contributed by atoms with E-state index in [0.717, 1.165) is 5.00 Å². The average Bonchev–Trinajstić information content (AvgIpc) is 2.84. The first-order valence-corrected chi connectivity index (χ1v) is 6.84. The largest absolute Gasteiger partial charge is 0.383 e. The van der Waals surface area contributed by atoms with E-state index in [2.05, 4.69) is 41.1 Å². The highest BCUT2D eigenvalue weighted by Crippen LogP contribution is 2.31. The standard InChI is InChI=1S/C11H15N3S2/c1-7(2)11(8-4-3-5-15-8)13-10-6-9(12)14-16-10/h3-7,11,13H,1-2H3,(H2,12,14). The molecule has 1 unspecified atom stereocenters. The maximum absolute atomic E-state index is 5.61. The zero-order valence-electron chi connectivity index (χ0n) is 9.31. The molecular formula is C11H15N3S2. The number of thiophene rings is 1. The summed E-state index contributed by atoms with van der Waals surface area (Å²) in [5.41, 5.74) is 5.61. The average molecular weight is 253 g/mol. The second-order valence-electron chi connectivity index (χ2n) is 4.00. The van der Waals surface area contributed by atoms with Crippen molar-refractivity contribution in [1.82, 2.24) is 4.37 Å². The number of nitrogens with two attached hydrogens (primary N) is 1. The lowest BCUT2D eigenvalue weighted by Gasteiger charge is -2.20. The molecule has 0 fully saturated rings. The topological polar surface area (TPSA) is 50.9 Å². The molecule has 3 nitrogen and oxygen atoms in total. The van der Waals surface area contributed by atoms with Crippen molar-refractivity contribution >= 4 is 33.7 Å². The third-order valence-corrected chi connectivity index (χ3v) is 4.03. The molecule has 0 radical (unpaired) electrons. The Labute approximate surface area is 103 Å². The normalized spacial score (nSPS) is 12.9. The Morgan fingerprint density at radius 2 is 2.25 bits per heavy atom. The summed E-state index contributed by atoms with van der Waals surface area (Å²) in [5.74, 6) is 1.11. The second-order valence-corrected chi connectivity index (χ2v) is 5.78. The first-order valence-electron chi connectivity index (χ1n) is 5.19. The molecule has 0 saturated carbocycles. The highest BCUT2D eigenvalue weighted by Gasteiger charge is 2.17. The van der Waals surface area contributed by atoms with E-state index in [1.54, 1.807) is 11.3 Å². The molecule has 1 atom stereocenters. The summed E-state index contributed by atoms with van der Waals surface area (Å²) in [6.45, 7) is 4.42. The van der Waals surface area contributed by atoms with Crippen LogP contribution >= 0.6 is 22.9 Å². The predicted molar refractivity (Wildman–Crippen MR) is 72.0 cm³/mol. The Bertz CT molecular complexity index is 434. The number of hydrogen-bond donors (Lipinski definition) is 2. The van der Waals surface area contributed by atoms with Crippen LogP contribution in [0.4, 0.5) is 10.8 Å². The van der Waals surface area contributed by atoms with Crippen LogP contribution in [0.3, 0.4) is 0 Å². The van der Waals surface area contributed by atoms with E-state index in [1.807, 2.05) is 6.07 Å². The first kappa shape index (κ1) is 11.4. The van der Waals surface area contributed by atoms with Crippen LogP contribution in [-0.4, -0.2) is 4.37 Å². The van der Waals surface area contributed by atoms with Gasteiger partial charge >= 0.3 is 0 Å². The smallest absolute Gasteiger partial charge is 0.139 e. The minimum atomic E-state index is 0.333. The summed E-state index contributed by atoms with van der Waals surface area (Å²) in [5, 5.41) is 6.62. The highest BCUT2D eigenvalue weighted by atomic mass is 32.1. The molecule has 2 aromatic rings. The molecule has 0 bridgehead atoms. The molecule has 86 valence electrons. The summed E-state index contributed by atoms with van der Waals surface area (Å²) in [6.07, 6.45) is 0. The minimum Gasteiger partial charge on any atom is -0.383 e. The molecule has 0 aliphatic heterocycles. The summed E-state index contributed by atoms with van der Waals surface area (Å²) >= 11 is 3.19. The summed E-state index contributed by atoms with van der Waals surface area (Å²) in [4.78, 5) is 1.35. The quantitative estimate of drug-likeness (QED) is 0.875. The van der Waals surface area contributed by atoms with Crippen molar-refractivity contribution in [1.29, 1.82) is 0 Å². The number of nitrogen functional groups attached to an aromatic ring is 1. The van der Waals surface area contributed by atoms with Gasteiger partial charge in [-0.25, -0.2) is 0 Å². The zero-order valence-corrected chi connectivity index (χ0v) is 10.9. The van der Waals surface area contributed by atoms with Gasteiger partial charge in [0, 0.05) is 10.9 Å². The summed E-state index contributed by atoms with van der Waals surface area (Å²) in [7, 11) is 0. The number of rotatable bonds is 4. The molecule has 2 heterocycles. The van der Waals surface area contributed by atoms with E-state index in [9.17, 15) is 0 Å². The third kappa shape index (κ3) is 2.54.